The number of nitrogens with one attached hydrogen (secondary N) is 1. The minimum Gasteiger partial charge on any atom is -0.465 e. The summed E-state index contributed by atoms with van der Waals surface area (Å²) >= 11 is 5.95. The maximum absolute atomic E-state index is 12.3. The molecular weight excluding hydrogens is 376 g/mol. The predicted octanol–water partition coefficient (Wildman–Crippen LogP) is 4.17. The maximum Gasteiger partial charge on any atom is 0.337 e. The summed E-state index contributed by atoms with van der Waals surface area (Å²) in [5, 5.41) is 2.92. The molecule has 0 bridgehead atoms. The highest BCUT2D eigenvalue weighted by Crippen LogP contribution is 2.16. The first-order valence-corrected chi connectivity index (χ1v) is 8.67. The molecule has 2 aromatic carbocycles. The molecule has 0 saturated carbocycles. The van der Waals surface area contributed by atoms with E-state index < -0.39 is 5.97 Å². The summed E-state index contributed by atoms with van der Waals surface area (Å²) in [4.78, 5) is 27.8. The Balaban J connectivity index is 1.78. The third-order valence-corrected chi connectivity index (χ3v) is 4.06. The van der Waals surface area contributed by atoms with Gasteiger partial charge in [0.2, 0.25) is 0 Å². The lowest BCUT2D eigenvalue weighted by molar-refractivity contribution is 0.0600. The van der Waals surface area contributed by atoms with Gasteiger partial charge in [0.25, 0.3) is 5.91 Å². The van der Waals surface area contributed by atoms with E-state index in [0.29, 0.717) is 27.9 Å². The fourth-order valence-electron chi connectivity index (χ4n) is 2.41. The second kappa shape index (κ2) is 8.85. The molecule has 3 aromatic rings. The van der Waals surface area contributed by atoms with Gasteiger partial charge in [0, 0.05) is 23.0 Å². The number of nitrogens with zero attached hydrogens (tertiary/aromatic N) is 1. The number of amides is 1. The highest BCUT2D eigenvalue weighted by molar-refractivity contribution is 6.33. The number of methoxy groups -OCH3 is 1. The van der Waals surface area contributed by atoms with Crippen molar-refractivity contribution in [3.63, 3.8) is 0 Å². The average Bonchev–Trinajstić information content (AvgIpc) is 2.72. The van der Waals surface area contributed by atoms with Crippen LogP contribution in [-0.2, 0) is 4.74 Å². The van der Waals surface area contributed by atoms with Gasteiger partial charge in [-0.05, 0) is 48.5 Å². The molecular formula is C22H15ClN2O3. The molecule has 6 heteroatoms. The van der Waals surface area contributed by atoms with Crippen LogP contribution < -0.4 is 5.32 Å². The van der Waals surface area contributed by atoms with Gasteiger partial charge in [-0.1, -0.05) is 35.6 Å². The molecule has 0 aliphatic carbocycles. The largest absolute Gasteiger partial charge is 0.465 e. The topological polar surface area (TPSA) is 68.3 Å². The van der Waals surface area contributed by atoms with Crippen molar-refractivity contribution in [2.24, 2.45) is 0 Å². The Morgan fingerprint density at radius 2 is 1.71 bits per heavy atom. The molecule has 0 aliphatic rings. The standard InChI is InChI=1S/C22H15ClN2O3/c1-28-22(27)17-7-2-5-15(13-17)10-11-16-6-3-8-18(14-16)25-21(26)19-9-4-12-24-20(19)23/h2-9,12-14H,1H3,(H,25,26). The smallest absolute Gasteiger partial charge is 0.337 e. The van der Waals surface area contributed by atoms with E-state index >= 15 is 0 Å². The number of ether oxygens (including phenoxy) is 1. The van der Waals surface area contributed by atoms with Crippen LogP contribution in [0.3, 0.4) is 0 Å². The van der Waals surface area contributed by atoms with Crippen molar-refractivity contribution in [3.05, 3.63) is 94.3 Å². The molecule has 5 nitrogen and oxygen atoms in total. The third-order valence-electron chi connectivity index (χ3n) is 3.76. The normalized spacial score (nSPS) is 9.79. The summed E-state index contributed by atoms with van der Waals surface area (Å²) in [7, 11) is 1.33. The molecule has 3 rings (SSSR count). The molecule has 28 heavy (non-hydrogen) atoms. The van der Waals surface area contributed by atoms with E-state index in [9.17, 15) is 9.59 Å². The third kappa shape index (κ3) is 4.76. The minimum absolute atomic E-state index is 0.140. The van der Waals surface area contributed by atoms with Crippen LogP contribution in [0.4, 0.5) is 5.69 Å². The Hall–Kier alpha value is -3.62. The summed E-state index contributed by atoms with van der Waals surface area (Å²) in [6.07, 6.45) is 1.52. The second-order valence-corrected chi connectivity index (χ2v) is 6.06. The zero-order valence-electron chi connectivity index (χ0n) is 14.9. The first-order chi connectivity index (χ1) is 13.6. The van der Waals surface area contributed by atoms with Gasteiger partial charge in [-0.25, -0.2) is 9.78 Å². The Labute approximate surface area is 167 Å². The van der Waals surface area contributed by atoms with E-state index in [4.69, 9.17) is 16.3 Å². The SMILES string of the molecule is COC(=O)c1cccc(C#Cc2cccc(NC(=O)c3cccnc3Cl)c2)c1. The second-order valence-electron chi connectivity index (χ2n) is 5.70. The highest BCUT2D eigenvalue weighted by Gasteiger charge is 2.10. The van der Waals surface area contributed by atoms with Gasteiger partial charge in [0.05, 0.1) is 18.2 Å². The maximum atomic E-state index is 12.3. The number of benzene rings is 2. The van der Waals surface area contributed by atoms with Gasteiger partial charge in [-0.15, -0.1) is 0 Å². The van der Waals surface area contributed by atoms with Gasteiger partial charge in [-0.2, -0.15) is 0 Å². The lowest BCUT2D eigenvalue weighted by Crippen LogP contribution is -2.12. The minimum atomic E-state index is -0.414. The van der Waals surface area contributed by atoms with E-state index in [1.807, 2.05) is 6.07 Å². The Morgan fingerprint density at radius 1 is 1.00 bits per heavy atom. The highest BCUT2D eigenvalue weighted by atomic mass is 35.5. The number of anilines is 1. The summed E-state index contributed by atoms with van der Waals surface area (Å²) < 4.78 is 4.71. The molecule has 0 radical (unpaired) electrons. The van der Waals surface area contributed by atoms with Crippen molar-refractivity contribution >= 4 is 29.2 Å². The van der Waals surface area contributed by atoms with Gasteiger partial charge in [-0.3, -0.25) is 4.79 Å². The summed E-state index contributed by atoms with van der Waals surface area (Å²) in [6, 6.07) is 17.2. The van der Waals surface area contributed by atoms with E-state index in [1.165, 1.54) is 13.3 Å². The Morgan fingerprint density at radius 3 is 2.43 bits per heavy atom. The monoisotopic (exact) mass is 390 g/mol. The van der Waals surface area contributed by atoms with E-state index in [-0.39, 0.29) is 11.1 Å². The summed E-state index contributed by atoms with van der Waals surface area (Å²) in [5.74, 6) is 5.25. The van der Waals surface area contributed by atoms with E-state index in [0.717, 1.165) is 0 Å². The number of carbonyl (C=O) groups excluding carboxylic acids is 2. The zero-order chi connectivity index (χ0) is 19.9. The lowest BCUT2D eigenvalue weighted by atomic mass is 10.1. The van der Waals surface area contributed by atoms with Crippen LogP contribution >= 0.6 is 11.6 Å². The molecule has 1 heterocycles. The van der Waals surface area contributed by atoms with Crippen molar-refractivity contribution < 1.29 is 14.3 Å². The Bertz CT molecular complexity index is 1100. The molecule has 0 atom stereocenters. The number of halogens is 1. The molecule has 1 N–H and O–H groups in total. The number of aromatic nitrogens is 1. The van der Waals surface area contributed by atoms with Gasteiger partial charge < -0.3 is 10.1 Å². The predicted molar refractivity (Wildman–Crippen MR) is 107 cm³/mol. The number of esters is 1. The van der Waals surface area contributed by atoms with Gasteiger partial charge >= 0.3 is 5.97 Å². The average molecular weight is 391 g/mol. The van der Waals surface area contributed by atoms with Crippen LogP contribution in [0.5, 0.6) is 0 Å². The molecule has 1 amide bonds. The van der Waals surface area contributed by atoms with Crippen LogP contribution in [-0.4, -0.2) is 24.0 Å². The first kappa shape index (κ1) is 19.2. The molecule has 0 unspecified atom stereocenters. The molecule has 1 aromatic heterocycles. The van der Waals surface area contributed by atoms with Crippen molar-refractivity contribution in [1.82, 2.24) is 4.98 Å². The van der Waals surface area contributed by atoms with Crippen molar-refractivity contribution in [2.75, 3.05) is 12.4 Å². The van der Waals surface area contributed by atoms with Crippen LogP contribution in [0.25, 0.3) is 0 Å². The van der Waals surface area contributed by atoms with E-state index in [1.54, 1.807) is 54.6 Å². The number of pyridine rings is 1. The van der Waals surface area contributed by atoms with Gasteiger partial charge in [0.15, 0.2) is 0 Å². The van der Waals surface area contributed by atoms with Crippen molar-refractivity contribution in [3.8, 4) is 11.8 Å². The van der Waals surface area contributed by atoms with Crippen molar-refractivity contribution in [1.29, 1.82) is 0 Å². The number of hydrogen-bond donors (Lipinski definition) is 1. The number of rotatable bonds is 3. The van der Waals surface area contributed by atoms with E-state index in [2.05, 4.69) is 22.1 Å². The Kier molecular flexibility index (Phi) is 6.05. The summed E-state index contributed by atoms with van der Waals surface area (Å²) in [6.45, 7) is 0. The van der Waals surface area contributed by atoms with Gasteiger partial charge in [0.1, 0.15) is 5.15 Å². The zero-order valence-corrected chi connectivity index (χ0v) is 15.7. The number of carbonyl (C=O) groups is 2. The molecule has 138 valence electrons. The van der Waals surface area contributed by atoms with Crippen LogP contribution in [0, 0.1) is 11.8 Å². The molecule has 0 saturated heterocycles. The molecule has 0 fully saturated rings. The lowest BCUT2D eigenvalue weighted by Gasteiger charge is -2.06. The fraction of sp³-hybridized carbons (Fsp3) is 0.0455. The first-order valence-electron chi connectivity index (χ1n) is 8.29. The fourth-order valence-corrected chi connectivity index (χ4v) is 2.62. The van der Waals surface area contributed by atoms with Crippen LogP contribution in [0.2, 0.25) is 5.15 Å². The number of hydrogen-bond acceptors (Lipinski definition) is 4. The van der Waals surface area contributed by atoms with Crippen molar-refractivity contribution in [2.45, 2.75) is 0 Å². The quantitative estimate of drug-likeness (QED) is 0.414. The molecule has 0 aliphatic heterocycles. The van der Waals surface area contributed by atoms with Crippen LogP contribution in [0.1, 0.15) is 31.8 Å². The van der Waals surface area contributed by atoms with Crippen LogP contribution in [0.15, 0.2) is 66.9 Å². The molecule has 0 spiro atoms. The summed E-state index contributed by atoms with van der Waals surface area (Å²) in [5.41, 5.74) is 2.70.